The molecule has 3 rings (SSSR count). The monoisotopic (exact) mass is 375 g/mol. The summed E-state index contributed by atoms with van der Waals surface area (Å²) >= 11 is 5.87. The number of nitriles is 1. The van der Waals surface area contributed by atoms with Gasteiger partial charge in [0, 0.05) is 17.5 Å². The number of ether oxygens (including phenoxy) is 1. The first-order valence-corrected chi connectivity index (χ1v) is 9.93. The van der Waals surface area contributed by atoms with Gasteiger partial charge < -0.3 is 4.74 Å². The highest BCUT2D eigenvalue weighted by Crippen LogP contribution is 2.63. The molecule has 3 atom stereocenters. The van der Waals surface area contributed by atoms with Crippen LogP contribution in [0.4, 0.5) is 0 Å². The summed E-state index contributed by atoms with van der Waals surface area (Å²) in [5.74, 6) is -0.411. The van der Waals surface area contributed by atoms with Crippen molar-refractivity contribution in [2.75, 3.05) is 13.2 Å². The molecule has 130 valence electrons. The lowest BCUT2D eigenvalue weighted by Crippen LogP contribution is -2.19. The fourth-order valence-electron chi connectivity index (χ4n) is 3.37. The van der Waals surface area contributed by atoms with Gasteiger partial charge in [0.15, 0.2) is 9.84 Å². The molecular weight excluding hydrogens is 358 g/mol. The fraction of sp³-hybridized carbons (Fsp3) is 0.316. The molecule has 1 fully saturated rings. The van der Waals surface area contributed by atoms with Gasteiger partial charge in [0.05, 0.1) is 22.8 Å². The fourth-order valence-corrected chi connectivity index (χ4v) is 5.81. The van der Waals surface area contributed by atoms with E-state index >= 15 is 0 Å². The molecule has 0 spiro atoms. The van der Waals surface area contributed by atoms with Crippen LogP contribution in [0.3, 0.4) is 0 Å². The van der Waals surface area contributed by atoms with Crippen LogP contribution in [-0.2, 0) is 14.6 Å². The van der Waals surface area contributed by atoms with E-state index in [4.69, 9.17) is 16.3 Å². The second-order valence-electron chi connectivity index (χ2n) is 6.10. The lowest BCUT2D eigenvalue weighted by Gasteiger charge is -2.09. The SMILES string of the molecule is CCOC[C@@]1(C#N)[C@@H](c2ccccc2)[C@@H]1S(=O)(=O)c1ccc(Cl)cc1. The number of sulfone groups is 1. The van der Waals surface area contributed by atoms with Gasteiger partial charge in [-0.2, -0.15) is 5.26 Å². The van der Waals surface area contributed by atoms with Crippen molar-refractivity contribution < 1.29 is 13.2 Å². The minimum absolute atomic E-state index is 0.0943. The second kappa shape index (κ2) is 6.80. The van der Waals surface area contributed by atoms with Crippen LogP contribution in [0, 0.1) is 16.7 Å². The van der Waals surface area contributed by atoms with Crippen LogP contribution in [-0.4, -0.2) is 26.9 Å². The van der Waals surface area contributed by atoms with Gasteiger partial charge >= 0.3 is 0 Å². The Hall–Kier alpha value is -1.87. The van der Waals surface area contributed by atoms with Gasteiger partial charge in [0.2, 0.25) is 0 Å². The molecule has 0 heterocycles. The Kier molecular flexibility index (Phi) is 4.88. The molecular formula is C19H18ClNO3S. The average molecular weight is 376 g/mol. The van der Waals surface area contributed by atoms with Gasteiger partial charge in [-0.3, -0.25) is 0 Å². The van der Waals surface area contributed by atoms with Crippen molar-refractivity contribution in [3.63, 3.8) is 0 Å². The first-order valence-electron chi connectivity index (χ1n) is 8.01. The molecule has 0 amide bonds. The van der Waals surface area contributed by atoms with Crippen LogP contribution < -0.4 is 0 Å². The minimum Gasteiger partial charge on any atom is -0.380 e. The third-order valence-electron chi connectivity index (χ3n) is 4.64. The van der Waals surface area contributed by atoms with Crippen LogP contribution in [0.25, 0.3) is 0 Å². The van der Waals surface area contributed by atoms with E-state index in [-0.39, 0.29) is 11.5 Å². The molecule has 0 bridgehead atoms. The highest BCUT2D eigenvalue weighted by Gasteiger charge is 2.72. The molecule has 0 radical (unpaired) electrons. The summed E-state index contributed by atoms with van der Waals surface area (Å²) in [6.07, 6.45) is 0. The van der Waals surface area contributed by atoms with Gasteiger partial charge in [0.25, 0.3) is 0 Å². The zero-order valence-electron chi connectivity index (χ0n) is 13.7. The standard InChI is InChI=1S/C19H18ClNO3S/c1-2-24-13-19(12-21)17(14-6-4-3-5-7-14)18(19)25(22,23)16-10-8-15(20)9-11-16/h3-11,17-18H,2,13H2,1H3/t17-,18-,19-/m0/s1. The highest BCUT2D eigenvalue weighted by atomic mass is 35.5. The van der Waals surface area contributed by atoms with E-state index in [1.54, 1.807) is 12.1 Å². The number of rotatable bonds is 6. The number of halogens is 1. The summed E-state index contributed by atoms with van der Waals surface area (Å²) < 4.78 is 31.8. The van der Waals surface area contributed by atoms with Crippen molar-refractivity contribution in [1.82, 2.24) is 0 Å². The van der Waals surface area contributed by atoms with Crippen molar-refractivity contribution in [3.05, 3.63) is 65.2 Å². The lowest BCUT2D eigenvalue weighted by atomic mass is 10.0. The van der Waals surface area contributed by atoms with E-state index in [0.29, 0.717) is 11.6 Å². The molecule has 2 aromatic rings. The third-order valence-corrected chi connectivity index (χ3v) is 7.19. The maximum absolute atomic E-state index is 13.2. The second-order valence-corrected chi connectivity index (χ2v) is 8.60. The number of hydrogen-bond acceptors (Lipinski definition) is 4. The summed E-state index contributed by atoms with van der Waals surface area (Å²) in [6, 6.07) is 17.6. The number of benzene rings is 2. The molecule has 1 saturated carbocycles. The van der Waals surface area contributed by atoms with Crippen molar-refractivity contribution in [1.29, 1.82) is 5.26 Å². The van der Waals surface area contributed by atoms with E-state index in [1.165, 1.54) is 12.1 Å². The Morgan fingerprint density at radius 1 is 1.16 bits per heavy atom. The van der Waals surface area contributed by atoms with Gasteiger partial charge in [-0.1, -0.05) is 41.9 Å². The van der Waals surface area contributed by atoms with Gasteiger partial charge in [-0.05, 0) is 36.8 Å². The maximum Gasteiger partial charge on any atom is 0.183 e. The van der Waals surface area contributed by atoms with Crippen molar-refractivity contribution in [3.8, 4) is 6.07 Å². The summed E-state index contributed by atoms with van der Waals surface area (Å²) in [6.45, 7) is 2.35. The molecule has 1 aliphatic carbocycles. The minimum atomic E-state index is -3.69. The Labute approximate surface area is 152 Å². The molecule has 2 aromatic carbocycles. The number of hydrogen-bond donors (Lipinski definition) is 0. The summed E-state index contributed by atoms with van der Waals surface area (Å²) in [5, 5.41) is 9.46. The van der Waals surface area contributed by atoms with Gasteiger partial charge in [-0.15, -0.1) is 0 Å². The Bertz CT molecular complexity index is 891. The summed E-state index contributed by atoms with van der Waals surface area (Å²) in [5.41, 5.74) is -0.234. The molecule has 0 aromatic heterocycles. The zero-order chi connectivity index (χ0) is 18.1. The summed E-state index contributed by atoms with van der Waals surface area (Å²) in [4.78, 5) is 0.177. The molecule has 4 nitrogen and oxygen atoms in total. The Morgan fingerprint density at radius 2 is 1.80 bits per heavy atom. The first kappa shape index (κ1) is 17.9. The predicted octanol–water partition coefficient (Wildman–Crippen LogP) is 3.83. The van der Waals surface area contributed by atoms with E-state index in [9.17, 15) is 13.7 Å². The van der Waals surface area contributed by atoms with Gasteiger partial charge in [-0.25, -0.2) is 8.42 Å². The van der Waals surface area contributed by atoms with Crippen LogP contribution in [0.2, 0.25) is 5.02 Å². The molecule has 0 aliphatic heterocycles. The Morgan fingerprint density at radius 3 is 2.36 bits per heavy atom. The van der Waals surface area contributed by atoms with Crippen LogP contribution >= 0.6 is 11.6 Å². The van der Waals surface area contributed by atoms with E-state index in [1.807, 2.05) is 37.3 Å². The highest BCUT2D eigenvalue weighted by molar-refractivity contribution is 7.92. The van der Waals surface area contributed by atoms with Gasteiger partial charge in [0.1, 0.15) is 5.41 Å². The molecule has 0 saturated heterocycles. The van der Waals surface area contributed by atoms with Crippen molar-refractivity contribution in [2.24, 2.45) is 5.41 Å². The van der Waals surface area contributed by atoms with Crippen LogP contribution in [0.5, 0.6) is 0 Å². The quantitative estimate of drug-likeness (QED) is 0.769. The Balaban J connectivity index is 2.05. The maximum atomic E-state index is 13.2. The van der Waals surface area contributed by atoms with Crippen LogP contribution in [0.1, 0.15) is 18.4 Å². The molecule has 0 N–H and O–H groups in total. The normalized spacial score (nSPS) is 25.3. The predicted molar refractivity (Wildman–Crippen MR) is 96.1 cm³/mol. The molecule has 6 heteroatoms. The molecule has 1 aliphatic rings. The smallest absolute Gasteiger partial charge is 0.183 e. The van der Waals surface area contributed by atoms with Crippen molar-refractivity contribution in [2.45, 2.75) is 23.0 Å². The third kappa shape index (κ3) is 3.06. The topological polar surface area (TPSA) is 67.2 Å². The first-order chi connectivity index (χ1) is 12.0. The average Bonchev–Trinajstić information content (AvgIpc) is 3.31. The lowest BCUT2D eigenvalue weighted by molar-refractivity contribution is 0.117. The van der Waals surface area contributed by atoms with E-state index in [2.05, 4.69) is 6.07 Å². The van der Waals surface area contributed by atoms with Crippen LogP contribution in [0.15, 0.2) is 59.5 Å². The molecule has 0 unspecified atom stereocenters. The van der Waals surface area contributed by atoms with E-state index < -0.39 is 26.4 Å². The molecule has 25 heavy (non-hydrogen) atoms. The van der Waals surface area contributed by atoms with Crippen molar-refractivity contribution >= 4 is 21.4 Å². The largest absolute Gasteiger partial charge is 0.380 e. The number of nitrogens with zero attached hydrogens (tertiary/aromatic N) is 1. The zero-order valence-corrected chi connectivity index (χ0v) is 15.3. The van der Waals surface area contributed by atoms with E-state index in [0.717, 1.165) is 5.56 Å². The summed E-state index contributed by atoms with van der Waals surface area (Å²) in [7, 11) is -3.69.